The van der Waals surface area contributed by atoms with Gasteiger partial charge in [-0.05, 0) is 18.2 Å². The van der Waals surface area contributed by atoms with Crippen molar-refractivity contribution in [3.63, 3.8) is 0 Å². The number of furan rings is 1. The largest absolute Gasteiger partial charge is 0.455 e. The van der Waals surface area contributed by atoms with Crippen LogP contribution in [0.3, 0.4) is 0 Å². The second kappa shape index (κ2) is 7.39. The normalized spacial score (nSPS) is 15.7. The highest BCUT2D eigenvalue weighted by molar-refractivity contribution is 6.10. The summed E-state index contributed by atoms with van der Waals surface area (Å²) in [6, 6.07) is 7.57. The molecular weight excluding hydrogens is 396 g/mol. The Balaban J connectivity index is 1.71. The average Bonchev–Trinajstić information content (AvgIpc) is 3.49. The molecule has 5 rings (SSSR count). The number of rotatable bonds is 7. The van der Waals surface area contributed by atoms with Crippen LogP contribution in [0.1, 0.15) is 12.2 Å². The fraction of sp³-hybridized carbons (Fsp3) is 0.238. The molecular formula is C21H20N8O2. The van der Waals surface area contributed by atoms with Crippen LogP contribution in [-0.2, 0) is 6.61 Å². The topological polar surface area (TPSA) is 152 Å². The highest BCUT2D eigenvalue weighted by Gasteiger charge is 2.36. The molecule has 0 atom stereocenters. The third-order valence-corrected chi connectivity index (χ3v) is 5.52. The molecule has 0 aromatic carbocycles. The number of H-pyrrole nitrogens is 1. The van der Waals surface area contributed by atoms with E-state index < -0.39 is 0 Å². The Morgan fingerprint density at radius 2 is 2.29 bits per heavy atom. The minimum Gasteiger partial charge on any atom is -0.455 e. The summed E-state index contributed by atoms with van der Waals surface area (Å²) in [5, 5.41) is 34.1. The fourth-order valence-electron chi connectivity index (χ4n) is 3.82. The first-order valence-electron chi connectivity index (χ1n) is 9.79. The van der Waals surface area contributed by atoms with Crippen LogP contribution < -0.4 is 10.6 Å². The van der Waals surface area contributed by atoms with Gasteiger partial charge in [-0.25, -0.2) is 9.97 Å². The fourth-order valence-corrected chi connectivity index (χ4v) is 3.82. The van der Waals surface area contributed by atoms with Crippen LogP contribution in [0.4, 0.5) is 0 Å². The second-order valence-corrected chi connectivity index (χ2v) is 7.50. The van der Waals surface area contributed by atoms with Gasteiger partial charge in [-0.1, -0.05) is 0 Å². The molecule has 0 unspecified atom stereocenters. The Morgan fingerprint density at radius 3 is 2.97 bits per heavy atom. The first kappa shape index (κ1) is 19.0. The monoisotopic (exact) mass is 416 g/mol. The third kappa shape index (κ3) is 3.07. The number of pyridine rings is 1. The number of nitrogens with zero attached hydrogens (tertiary/aromatic N) is 4. The van der Waals surface area contributed by atoms with Crippen molar-refractivity contribution in [3.8, 4) is 17.7 Å². The number of imidazole rings is 1. The summed E-state index contributed by atoms with van der Waals surface area (Å²) < 4.78 is 7.59. The van der Waals surface area contributed by atoms with Crippen LogP contribution in [0, 0.1) is 16.7 Å². The number of fused-ring (bicyclic) bond motifs is 3. The molecule has 5 N–H and O–H groups in total. The molecule has 5 heterocycles. The van der Waals surface area contributed by atoms with Crippen molar-refractivity contribution < 1.29 is 9.52 Å². The highest BCUT2D eigenvalue weighted by atomic mass is 16.4. The number of aromatic nitrogens is 4. The van der Waals surface area contributed by atoms with Gasteiger partial charge in [-0.2, -0.15) is 5.26 Å². The van der Waals surface area contributed by atoms with E-state index in [0.717, 1.165) is 10.9 Å². The summed E-state index contributed by atoms with van der Waals surface area (Å²) in [7, 11) is 0. The van der Waals surface area contributed by atoms with Crippen molar-refractivity contribution in [1.29, 1.82) is 10.7 Å². The number of aliphatic hydroxyl groups is 1. The molecule has 0 amide bonds. The lowest BCUT2D eigenvalue weighted by Crippen LogP contribution is -2.66. The van der Waals surface area contributed by atoms with Gasteiger partial charge in [-0.15, -0.1) is 0 Å². The van der Waals surface area contributed by atoms with Gasteiger partial charge < -0.3 is 30.6 Å². The molecule has 156 valence electrons. The predicted molar refractivity (Wildman–Crippen MR) is 115 cm³/mol. The number of nitriles is 1. The molecule has 10 heteroatoms. The molecule has 0 radical (unpaired) electrons. The van der Waals surface area contributed by atoms with E-state index >= 15 is 0 Å². The first-order valence-corrected chi connectivity index (χ1v) is 9.79. The number of nitrogens with one attached hydrogen (secondary N) is 4. The van der Waals surface area contributed by atoms with Crippen LogP contribution in [-0.4, -0.2) is 49.5 Å². The maximum Gasteiger partial charge on any atom is 0.182 e. The number of hydrogen-bond acceptors (Lipinski definition) is 8. The molecule has 4 aromatic rings. The van der Waals surface area contributed by atoms with Crippen LogP contribution >= 0.6 is 0 Å². The van der Waals surface area contributed by atoms with Crippen molar-refractivity contribution in [3.05, 3.63) is 42.6 Å². The second-order valence-electron chi connectivity index (χ2n) is 7.50. The molecule has 0 aliphatic carbocycles. The van der Waals surface area contributed by atoms with E-state index in [1.54, 1.807) is 30.7 Å². The molecule has 0 spiro atoms. The van der Waals surface area contributed by atoms with Crippen molar-refractivity contribution in [2.45, 2.75) is 18.6 Å². The first-order chi connectivity index (χ1) is 15.2. The van der Waals surface area contributed by atoms with E-state index in [4.69, 9.17) is 14.8 Å². The smallest absolute Gasteiger partial charge is 0.182 e. The summed E-state index contributed by atoms with van der Waals surface area (Å²) in [4.78, 5) is 12.2. The Morgan fingerprint density at radius 1 is 1.42 bits per heavy atom. The van der Waals surface area contributed by atoms with E-state index in [1.165, 1.54) is 6.21 Å². The van der Waals surface area contributed by atoms with Gasteiger partial charge in [0.05, 0.1) is 35.4 Å². The molecule has 4 aromatic heterocycles. The molecule has 10 nitrogen and oxygen atoms in total. The molecule has 1 saturated heterocycles. The minimum atomic E-state index is -0.362. The van der Waals surface area contributed by atoms with E-state index in [1.807, 2.05) is 10.6 Å². The van der Waals surface area contributed by atoms with Crippen LogP contribution in [0.5, 0.6) is 0 Å². The van der Waals surface area contributed by atoms with Crippen LogP contribution in [0.15, 0.2) is 41.2 Å². The summed E-state index contributed by atoms with van der Waals surface area (Å²) in [5.41, 5.74) is 2.29. The van der Waals surface area contributed by atoms with Gasteiger partial charge in [0.2, 0.25) is 0 Å². The molecule has 31 heavy (non-hydrogen) atoms. The summed E-state index contributed by atoms with van der Waals surface area (Å²) in [6.45, 7) is 1.12. The maximum absolute atomic E-state index is 9.41. The Hall–Kier alpha value is -3.94. The van der Waals surface area contributed by atoms with Gasteiger partial charge in [0.15, 0.2) is 11.6 Å². The summed E-state index contributed by atoms with van der Waals surface area (Å²) in [5.74, 6) is 1.38. The van der Waals surface area contributed by atoms with Gasteiger partial charge in [-0.3, -0.25) is 4.57 Å². The molecule has 1 aliphatic heterocycles. The summed E-state index contributed by atoms with van der Waals surface area (Å²) in [6.07, 6.45) is 6.80. The molecule has 1 fully saturated rings. The van der Waals surface area contributed by atoms with Gasteiger partial charge >= 0.3 is 0 Å². The van der Waals surface area contributed by atoms with Crippen molar-refractivity contribution >= 4 is 34.0 Å². The van der Waals surface area contributed by atoms with Crippen molar-refractivity contribution in [2.75, 3.05) is 13.1 Å². The predicted octanol–water partition coefficient (Wildman–Crippen LogP) is 1.96. The van der Waals surface area contributed by atoms with Gasteiger partial charge in [0, 0.05) is 37.1 Å². The Bertz CT molecular complexity index is 1350. The lowest BCUT2D eigenvalue weighted by Gasteiger charge is -2.41. The zero-order valence-electron chi connectivity index (χ0n) is 16.5. The van der Waals surface area contributed by atoms with E-state index in [9.17, 15) is 10.4 Å². The number of allylic oxidation sites excluding steroid dienone is 1. The zero-order chi connectivity index (χ0) is 21.4. The summed E-state index contributed by atoms with van der Waals surface area (Å²) >= 11 is 0. The van der Waals surface area contributed by atoms with E-state index in [-0.39, 0.29) is 12.1 Å². The van der Waals surface area contributed by atoms with Gasteiger partial charge in [0.1, 0.15) is 23.5 Å². The Kier molecular flexibility index (Phi) is 4.54. The Labute approximate surface area is 176 Å². The van der Waals surface area contributed by atoms with Crippen LogP contribution in [0.2, 0.25) is 0 Å². The molecule has 0 bridgehead atoms. The number of aliphatic hydroxyl groups excluding tert-OH is 1. The van der Waals surface area contributed by atoms with Crippen molar-refractivity contribution in [2.24, 2.45) is 0 Å². The lowest BCUT2D eigenvalue weighted by atomic mass is 9.89. The number of hydrogen-bond donors (Lipinski definition) is 5. The molecule has 1 aliphatic rings. The number of aromatic amines is 1. The average molecular weight is 416 g/mol. The molecule has 0 saturated carbocycles. The van der Waals surface area contributed by atoms with Crippen LogP contribution in [0.25, 0.3) is 39.3 Å². The third-order valence-electron chi connectivity index (χ3n) is 5.52. The standard InChI is InChI=1S/C21H20N8O2/c22-5-4-21(11-24-12-21)27-8-13(7-23)29-18-15-3-6-25-19(15)26-9-16(18)28-20(29)17-2-1-14(10-30)31-17/h1-3,6-9,23-24,27,30H,4,10-12H2,(H,25,26)/b13-8+,23-7?. The van der Waals surface area contributed by atoms with E-state index in [2.05, 4.69) is 26.7 Å². The van der Waals surface area contributed by atoms with E-state index in [0.29, 0.717) is 53.7 Å². The minimum absolute atomic E-state index is 0.220. The van der Waals surface area contributed by atoms with Gasteiger partial charge in [0.25, 0.3) is 0 Å². The quantitative estimate of drug-likeness (QED) is 0.289. The zero-order valence-corrected chi connectivity index (χ0v) is 16.5. The SMILES string of the molecule is N#CCC1(N/C=C(\C=N)n2c(-c3ccc(CO)o3)nc3cnc4[nH]ccc4c32)CNC1. The van der Waals surface area contributed by atoms with Crippen molar-refractivity contribution in [1.82, 2.24) is 30.2 Å². The maximum atomic E-state index is 9.41. The highest BCUT2D eigenvalue weighted by Crippen LogP contribution is 2.32. The lowest BCUT2D eigenvalue weighted by molar-refractivity contribution is 0.245.